The minimum absolute atomic E-state index is 0.146. The number of nitrogens with one attached hydrogen (secondary N) is 2. The fourth-order valence-electron chi connectivity index (χ4n) is 3.96. The monoisotopic (exact) mass is 489 g/mol. The van der Waals surface area contributed by atoms with Gasteiger partial charge in [0, 0.05) is 12.6 Å². The van der Waals surface area contributed by atoms with Crippen LogP contribution in [0.3, 0.4) is 0 Å². The third kappa shape index (κ3) is 10.7. The lowest BCUT2D eigenvalue weighted by Crippen LogP contribution is -2.55. The summed E-state index contributed by atoms with van der Waals surface area (Å²) in [7, 11) is 0. The smallest absolute Gasteiger partial charge is 0.408 e. The molecule has 2 atom stereocenters. The molecule has 1 rings (SSSR count). The molecule has 0 aliphatic carbocycles. The molecule has 7 nitrogen and oxygen atoms in total. The Balaban J connectivity index is 3.37. The Morgan fingerprint density at radius 2 is 1.71 bits per heavy atom. The summed E-state index contributed by atoms with van der Waals surface area (Å²) in [5.74, 6) is -0.364. The average molecular weight is 490 g/mol. The van der Waals surface area contributed by atoms with Crippen molar-refractivity contribution < 1.29 is 19.1 Å². The lowest BCUT2D eigenvalue weighted by molar-refractivity contribution is -0.144. The molecule has 7 heteroatoms. The topological polar surface area (TPSA) is 87.7 Å². The van der Waals surface area contributed by atoms with E-state index in [-0.39, 0.29) is 23.8 Å². The van der Waals surface area contributed by atoms with E-state index in [1.165, 1.54) is 0 Å². The number of benzene rings is 1. The first kappa shape index (κ1) is 30.5. The summed E-state index contributed by atoms with van der Waals surface area (Å²) in [5.41, 5.74) is 1.07. The van der Waals surface area contributed by atoms with E-state index in [9.17, 15) is 14.4 Å². The fourth-order valence-corrected chi connectivity index (χ4v) is 3.96. The highest BCUT2D eigenvalue weighted by Crippen LogP contribution is 2.27. The van der Waals surface area contributed by atoms with Crippen LogP contribution in [-0.2, 0) is 14.3 Å². The van der Waals surface area contributed by atoms with Crippen LogP contribution in [0.25, 0.3) is 0 Å². The van der Waals surface area contributed by atoms with Gasteiger partial charge in [-0.3, -0.25) is 9.59 Å². The van der Waals surface area contributed by atoms with Crippen LogP contribution < -0.4 is 10.6 Å². The molecule has 35 heavy (non-hydrogen) atoms. The summed E-state index contributed by atoms with van der Waals surface area (Å²) in [6.45, 7) is 17.8. The molecule has 0 heterocycles. The summed E-state index contributed by atoms with van der Waals surface area (Å²) in [6, 6.07) is 5.79. The first-order chi connectivity index (χ1) is 16.3. The van der Waals surface area contributed by atoms with Crippen molar-refractivity contribution >= 4 is 17.9 Å². The molecule has 0 aliphatic rings. The summed E-state index contributed by atoms with van der Waals surface area (Å²) >= 11 is 0. The van der Waals surface area contributed by atoms with Gasteiger partial charge in [0.15, 0.2) is 0 Å². The summed E-state index contributed by atoms with van der Waals surface area (Å²) < 4.78 is 5.42. The maximum absolute atomic E-state index is 14.0. The molecule has 0 spiro atoms. The molecule has 0 aromatic heterocycles. The van der Waals surface area contributed by atoms with Gasteiger partial charge in [-0.25, -0.2) is 4.79 Å². The van der Waals surface area contributed by atoms with Crippen molar-refractivity contribution in [3.8, 4) is 0 Å². The fraction of sp³-hybridized carbons (Fsp3) is 0.679. The van der Waals surface area contributed by atoms with Gasteiger partial charge in [-0.2, -0.15) is 0 Å². The Labute approximate surface area is 212 Å². The quantitative estimate of drug-likeness (QED) is 0.379. The minimum Gasteiger partial charge on any atom is -0.444 e. The number of carbonyl (C=O) groups excluding carboxylic acids is 3. The molecule has 0 radical (unpaired) electrons. The van der Waals surface area contributed by atoms with Gasteiger partial charge in [-0.05, 0) is 65.9 Å². The minimum atomic E-state index is -0.813. The van der Waals surface area contributed by atoms with E-state index in [1.807, 2.05) is 58.9 Å². The summed E-state index contributed by atoms with van der Waals surface area (Å²) in [4.78, 5) is 41.7. The molecule has 2 N–H and O–H groups in total. The van der Waals surface area contributed by atoms with Crippen molar-refractivity contribution in [2.75, 3.05) is 6.54 Å². The molecule has 1 aromatic rings. The highest BCUT2D eigenvalue weighted by Gasteiger charge is 2.37. The second kappa shape index (κ2) is 14.1. The molecule has 0 aliphatic heterocycles. The van der Waals surface area contributed by atoms with Crippen LogP contribution in [0.2, 0.25) is 0 Å². The number of amides is 3. The second-order valence-corrected chi connectivity index (χ2v) is 11.0. The summed E-state index contributed by atoms with van der Waals surface area (Å²) in [6.07, 6.45) is 2.75. The van der Waals surface area contributed by atoms with E-state index in [0.29, 0.717) is 13.0 Å². The third-order valence-electron chi connectivity index (χ3n) is 5.47. The van der Waals surface area contributed by atoms with Gasteiger partial charge in [-0.15, -0.1) is 0 Å². The first-order valence-electron chi connectivity index (χ1n) is 12.9. The van der Waals surface area contributed by atoms with E-state index in [0.717, 1.165) is 30.4 Å². The first-order valence-corrected chi connectivity index (χ1v) is 12.9. The molecule has 198 valence electrons. The molecule has 1 aromatic carbocycles. The Kier molecular flexibility index (Phi) is 12.3. The Hall–Kier alpha value is -2.57. The van der Waals surface area contributed by atoms with Crippen LogP contribution in [0.5, 0.6) is 0 Å². The zero-order valence-electron chi connectivity index (χ0n) is 23.2. The molecule has 3 amide bonds. The van der Waals surface area contributed by atoms with Crippen molar-refractivity contribution in [1.82, 2.24) is 15.5 Å². The lowest BCUT2D eigenvalue weighted by atomic mass is 9.97. The van der Waals surface area contributed by atoms with E-state index in [4.69, 9.17) is 4.74 Å². The predicted molar refractivity (Wildman–Crippen MR) is 141 cm³/mol. The predicted octanol–water partition coefficient (Wildman–Crippen LogP) is 5.52. The van der Waals surface area contributed by atoms with Gasteiger partial charge in [-0.1, -0.05) is 63.4 Å². The van der Waals surface area contributed by atoms with Crippen LogP contribution in [0.1, 0.15) is 98.2 Å². The zero-order chi connectivity index (χ0) is 26.8. The standard InChI is InChI=1S/C28H47N3O4/c1-10-11-12-16-29-25(32)24(22-15-13-14-21(6)18-22)31(20(4)5)26(33)23(17-19(2)3)30-27(34)35-28(7,8)9/h13-15,18-20,23-24H,10-12,16-17H2,1-9H3,(H,29,32)(H,30,34). The Morgan fingerprint density at radius 3 is 2.23 bits per heavy atom. The van der Waals surface area contributed by atoms with Crippen molar-refractivity contribution in [3.63, 3.8) is 0 Å². The van der Waals surface area contributed by atoms with Crippen molar-refractivity contribution in [1.29, 1.82) is 0 Å². The highest BCUT2D eigenvalue weighted by molar-refractivity contribution is 5.92. The maximum atomic E-state index is 14.0. The molecule has 2 unspecified atom stereocenters. The maximum Gasteiger partial charge on any atom is 0.408 e. The average Bonchev–Trinajstić information content (AvgIpc) is 2.72. The van der Waals surface area contributed by atoms with Crippen LogP contribution in [-0.4, -0.2) is 47.0 Å². The van der Waals surface area contributed by atoms with Gasteiger partial charge in [0.25, 0.3) is 0 Å². The van der Waals surface area contributed by atoms with Crippen molar-refractivity contribution in [2.24, 2.45) is 5.92 Å². The van der Waals surface area contributed by atoms with Gasteiger partial charge in [0.05, 0.1) is 0 Å². The largest absolute Gasteiger partial charge is 0.444 e. The number of aryl methyl sites for hydroxylation is 1. The number of nitrogens with zero attached hydrogens (tertiary/aromatic N) is 1. The SMILES string of the molecule is CCCCCNC(=O)C(c1cccc(C)c1)N(C(=O)C(CC(C)C)NC(=O)OC(C)(C)C)C(C)C. The number of hydrogen-bond donors (Lipinski definition) is 2. The number of rotatable bonds is 12. The Morgan fingerprint density at radius 1 is 1.06 bits per heavy atom. The number of ether oxygens (including phenoxy) is 1. The molecular formula is C28H47N3O4. The third-order valence-corrected chi connectivity index (χ3v) is 5.47. The van der Waals surface area contributed by atoms with Crippen LogP contribution >= 0.6 is 0 Å². The van der Waals surface area contributed by atoms with E-state index < -0.39 is 23.8 Å². The normalized spacial score (nSPS) is 13.3. The van der Waals surface area contributed by atoms with Gasteiger partial charge in [0.2, 0.25) is 11.8 Å². The van der Waals surface area contributed by atoms with E-state index >= 15 is 0 Å². The molecule has 0 bridgehead atoms. The van der Waals surface area contributed by atoms with Crippen LogP contribution in [0.15, 0.2) is 24.3 Å². The molecular weight excluding hydrogens is 442 g/mol. The van der Waals surface area contributed by atoms with E-state index in [2.05, 4.69) is 17.6 Å². The summed E-state index contributed by atoms with van der Waals surface area (Å²) in [5, 5.41) is 5.80. The molecule has 0 fully saturated rings. The van der Waals surface area contributed by atoms with Gasteiger partial charge < -0.3 is 20.3 Å². The highest BCUT2D eigenvalue weighted by atomic mass is 16.6. The molecule has 0 saturated heterocycles. The van der Waals surface area contributed by atoms with Gasteiger partial charge >= 0.3 is 6.09 Å². The van der Waals surface area contributed by atoms with E-state index in [1.54, 1.807) is 25.7 Å². The van der Waals surface area contributed by atoms with Crippen molar-refractivity contribution in [3.05, 3.63) is 35.4 Å². The zero-order valence-corrected chi connectivity index (χ0v) is 23.2. The Bertz CT molecular complexity index is 830. The van der Waals surface area contributed by atoms with Crippen LogP contribution in [0.4, 0.5) is 4.79 Å². The number of unbranched alkanes of at least 4 members (excludes halogenated alkanes) is 2. The number of hydrogen-bond acceptors (Lipinski definition) is 4. The molecule has 0 saturated carbocycles. The lowest BCUT2D eigenvalue weighted by Gasteiger charge is -2.37. The number of carbonyl (C=O) groups is 3. The number of alkyl carbamates (subject to hydrolysis) is 1. The van der Waals surface area contributed by atoms with Crippen LogP contribution in [0, 0.1) is 12.8 Å². The second-order valence-electron chi connectivity index (χ2n) is 11.0. The van der Waals surface area contributed by atoms with Crippen molar-refractivity contribution in [2.45, 2.75) is 112 Å². The van der Waals surface area contributed by atoms with Gasteiger partial charge in [0.1, 0.15) is 17.7 Å².